The van der Waals surface area contributed by atoms with Gasteiger partial charge in [0.1, 0.15) is 5.75 Å². The topological polar surface area (TPSA) is 67.8 Å². The number of aliphatic imine (C=N–C) groups is 1. The predicted octanol–water partition coefficient (Wildman–Crippen LogP) is 4.53. The van der Waals surface area contributed by atoms with Crippen LogP contribution in [0.3, 0.4) is 0 Å². The van der Waals surface area contributed by atoms with Crippen LogP contribution in [0.4, 0.5) is 0 Å². The number of guanidine groups is 1. The van der Waals surface area contributed by atoms with E-state index < -0.39 is 0 Å². The van der Waals surface area contributed by atoms with Crippen molar-refractivity contribution in [1.29, 1.82) is 0 Å². The number of nitrogens with zero attached hydrogens (tertiary/aromatic N) is 2. The summed E-state index contributed by atoms with van der Waals surface area (Å²) in [5.74, 6) is 2.53. The Morgan fingerprint density at radius 2 is 1.97 bits per heavy atom. The van der Waals surface area contributed by atoms with Crippen molar-refractivity contribution in [2.75, 3.05) is 33.9 Å². The summed E-state index contributed by atoms with van der Waals surface area (Å²) in [5.41, 5.74) is 3.52. The Labute approximate surface area is 204 Å². The first-order chi connectivity index (χ1) is 14.5. The molecule has 0 saturated carbocycles. The van der Waals surface area contributed by atoms with Crippen molar-refractivity contribution in [3.05, 3.63) is 59.4 Å². The maximum Gasteiger partial charge on any atom is 0.191 e. The fourth-order valence-electron chi connectivity index (χ4n) is 3.27. The van der Waals surface area contributed by atoms with Gasteiger partial charge in [0.15, 0.2) is 5.96 Å². The number of halogens is 1. The molecule has 0 saturated heterocycles. The molecule has 31 heavy (non-hydrogen) atoms. The van der Waals surface area contributed by atoms with E-state index in [9.17, 15) is 0 Å². The maximum absolute atomic E-state index is 5.99. The summed E-state index contributed by atoms with van der Waals surface area (Å²) in [6.07, 6.45) is 4.62. The van der Waals surface area contributed by atoms with Crippen LogP contribution in [0, 0.1) is 12.8 Å². The van der Waals surface area contributed by atoms with Gasteiger partial charge in [0.05, 0.1) is 6.61 Å². The molecular formula is C24H37IN4O2. The van der Waals surface area contributed by atoms with E-state index in [-0.39, 0.29) is 24.0 Å². The van der Waals surface area contributed by atoms with Gasteiger partial charge in [0, 0.05) is 64.1 Å². The molecule has 1 unspecified atom stereocenters. The molecule has 2 rings (SSSR count). The van der Waals surface area contributed by atoms with Crippen LogP contribution in [0.15, 0.2) is 47.7 Å². The molecule has 0 radical (unpaired) electrons. The van der Waals surface area contributed by atoms with Gasteiger partial charge in [-0.15, -0.1) is 24.0 Å². The van der Waals surface area contributed by atoms with Crippen molar-refractivity contribution in [1.82, 2.24) is 15.6 Å². The summed E-state index contributed by atoms with van der Waals surface area (Å²) in [4.78, 5) is 8.65. The van der Waals surface area contributed by atoms with Crippen molar-refractivity contribution < 1.29 is 9.47 Å². The lowest BCUT2D eigenvalue weighted by Crippen LogP contribution is -2.39. The highest BCUT2D eigenvalue weighted by atomic mass is 127. The first kappa shape index (κ1) is 27.2. The van der Waals surface area contributed by atoms with E-state index in [1.165, 1.54) is 11.1 Å². The van der Waals surface area contributed by atoms with Gasteiger partial charge in [-0.2, -0.15) is 0 Å². The molecule has 1 aromatic heterocycles. The molecule has 1 aromatic carbocycles. The van der Waals surface area contributed by atoms with E-state index in [1.54, 1.807) is 14.2 Å². The lowest BCUT2D eigenvalue weighted by atomic mass is 9.89. The number of pyridine rings is 1. The van der Waals surface area contributed by atoms with Crippen LogP contribution < -0.4 is 15.4 Å². The largest absolute Gasteiger partial charge is 0.493 e. The van der Waals surface area contributed by atoms with Crippen molar-refractivity contribution in [3.8, 4) is 5.75 Å². The van der Waals surface area contributed by atoms with E-state index in [0.29, 0.717) is 31.6 Å². The number of aromatic nitrogens is 1. The summed E-state index contributed by atoms with van der Waals surface area (Å²) in [6, 6.07) is 10.4. The van der Waals surface area contributed by atoms with E-state index in [2.05, 4.69) is 65.6 Å². The number of ether oxygens (including phenoxy) is 2. The Kier molecular flexibility index (Phi) is 13.2. The SMILES string of the molecule is CN=C(NCc1ccc(C)cc1OCCCOC)NCC(c1cccnc1)C(C)C.I. The third-order valence-corrected chi connectivity index (χ3v) is 5.05. The summed E-state index contributed by atoms with van der Waals surface area (Å²) in [7, 11) is 3.50. The van der Waals surface area contributed by atoms with Gasteiger partial charge in [-0.25, -0.2) is 0 Å². The fourth-order valence-corrected chi connectivity index (χ4v) is 3.27. The molecule has 0 bridgehead atoms. The van der Waals surface area contributed by atoms with E-state index in [4.69, 9.17) is 9.47 Å². The average Bonchev–Trinajstić information content (AvgIpc) is 2.75. The highest BCUT2D eigenvalue weighted by Crippen LogP contribution is 2.23. The van der Waals surface area contributed by atoms with Gasteiger partial charge >= 0.3 is 0 Å². The number of aryl methyl sites for hydroxylation is 1. The minimum Gasteiger partial charge on any atom is -0.493 e. The lowest BCUT2D eigenvalue weighted by molar-refractivity contribution is 0.171. The van der Waals surface area contributed by atoms with Crippen LogP contribution in [0.1, 0.15) is 42.9 Å². The predicted molar refractivity (Wildman–Crippen MR) is 139 cm³/mol. The van der Waals surface area contributed by atoms with Crippen LogP contribution in [-0.2, 0) is 11.3 Å². The van der Waals surface area contributed by atoms with Crippen molar-refractivity contribution in [2.45, 2.75) is 39.7 Å². The fraction of sp³-hybridized carbons (Fsp3) is 0.500. The minimum atomic E-state index is 0. The number of methoxy groups -OCH3 is 1. The number of hydrogen-bond acceptors (Lipinski definition) is 4. The molecule has 0 aliphatic carbocycles. The molecule has 1 atom stereocenters. The van der Waals surface area contributed by atoms with Crippen LogP contribution in [0.2, 0.25) is 0 Å². The normalized spacial score (nSPS) is 12.3. The highest BCUT2D eigenvalue weighted by Gasteiger charge is 2.16. The first-order valence-corrected chi connectivity index (χ1v) is 10.6. The Balaban J connectivity index is 0.00000480. The Morgan fingerprint density at radius 1 is 1.16 bits per heavy atom. The Morgan fingerprint density at radius 3 is 2.61 bits per heavy atom. The van der Waals surface area contributed by atoms with Crippen LogP contribution in [0.5, 0.6) is 5.75 Å². The second kappa shape index (κ2) is 15.0. The molecule has 0 fully saturated rings. The van der Waals surface area contributed by atoms with Crippen molar-refractivity contribution in [3.63, 3.8) is 0 Å². The monoisotopic (exact) mass is 540 g/mol. The summed E-state index contributed by atoms with van der Waals surface area (Å²) < 4.78 is 11.1. The van der Waals surface area contributed by atoms with E-state index in [1.807, 2.05) is 18.5 Å². The molecule has 1 heterocycles. The van der Waals surface area contributed by atoms with Gasteiger partial charge in [0.2, 0.25) is 0 Å². The molecule has 0 aliphatic heterocycles. The molecular weight excluding hydrogens is 503 g/mol. The summed E-state index contributed by atoms with van der Waals surface area (Å²) >= 11 is 0. The molecule has 0 spiro atoms. The van der Waals surface area contributed by atoms with Gasteiger partial charge in [0.25, 0.3) is 0 Å². The number of hydrogen-bond donors (Lipinski definition) is 2. The van der Waals surface area contributed by atoms with Crippen molar-refractivity contribution >= 4 is 29.9 Å². The number of benzene rings is 1. The second-order valence-corrected chi connectivity index (χ2v) is 7.75. The molecule has 7 heteroatoms. The zero-order valence-corrected chi connectivity index (χ0v) is 21.7. The van der Waals surface area contributed by atoms with Gasteiger partial charge in [-0.05, 0) is 36.1 Å². The first-order valence-electron chi connectivity index (χ1n) is 10.6. The van der Waals surface area contributed by atoms with Crippen LogP contribution >= 0.6 is 24.0 Å². The van der Waals surface area contributed by atoms with E-state index >= 15 is 0 Å². The number of nitrogens with one attached hydrogen (secondary N) is 2. The van der Waals surface area contributed by atoms with Gasteiger partial charge in [-0.3, -0.25) is 9.98 Å². The standard InChI is InChI=1S/C24H36N4O2.HI/c1-18(2)22(20-8-6-11-26-15-20)17-28-24(25-4)27-16-21-10-9-19(3)14-23(21)30-13-7-12-29-5;/h6,8-11,14-15,18,22H,7,12-13,16-17H2,1-5H3,(H2,25,27,28);1H. The zero-order chi connectivity index (χ0) is 21.8. The average molecular weight is 540 g/mol. The third-order valence-electron chi connectivity index (χ3n) is 5.05. The van der Waals surface area contributed by atoms with Gasteiger partial charge in [-0.1, -0.05) is 32.0 Å². The zero-order valence-electron chi connectivity index (χ0n) is 19.4. The summed E-state index contributed by atoms with van der Waals surface area (Å²) in [6.45, 7) is 9.30. The maximum atomic E-state index is 5.99. The molecule has 172 valence electrons. The van der Waals surface area contributed by atoms with Crippen LogP contribution in [-0.4, -0.2) is 44.9 Å². The Bertz CT molecular complexity index is 784. The molecule has 2 aromatic rings. The molecule has 2 N–H and O–H groups in total. The quantitative estimate of drug-likeness (QED) is 0.190. The van der Waals surface area contributed by atoms with Crippen molar-refractivity contribution in [2.24, 2.45) is 10.9 Å². The summed E-state index contributed by atoms with van der Waals surface area (Å²) in [5, 5.41) is 6.88. The minimum absolute atomic E-state index is 0. The van der Waals surface area contributed by atoms with Crippen LogP contribution in [0.25, 0.3) is 0 Å². The second-order valence-electron chi connectivity index (χ2n) is 7.75. The molecule has 0 amide bonds. The molecule has 6 nitrogen and oxygen atoms in total. The third kappa shape index (κ3) is 9.43. The smallest absolute Gasteiger partial charge is 0.191 e. The van der Waals surface area contributed by atoms with E-state index in [0.717, 1.165) is 30.2 Å². The Hall–Kier alpha value is -1.87. The van der Waals surface area contributed by atoms with Gasteiger partial charge < -0.3 is 20.1 Å². The number of rotatable bonds is 11. The molecule has 0 aliphatic rings. The lowest BCUT2D eigenvalue weighted by Gasteiger charge is -2.23. The highest BCUT2D eigenvalue weighted by molar-refractivity contribution is 14.0.